The number of hydrogen-bond acceptors (Lipinski definition) is 6. The van der Waals surface area contributed by atoms with Gasteiger partial charge in [0.25, 0.3) is 5.79 Å². The molecule has 2 aliphatic rings. The van der Waals surface area contributed by atoms with Crippen molar-refractivity contribution in [1.82, 2.24) is 0 Å². The average Bonchev–Trinajstić information content (AvgIpc) is 2.66. The zero-order valence-corrected chi connectivity index (χ0v) is 15.0. The quantitative estimate of drug-likeness (QED) is 0.581. The average molecular weight is 349 g/mol. The molecule has 0 saturated carbocycles. The maximum atomic E-state index is 11.6. The van der Waals surface area contributed by atoms with E-state index >= 15 is 0 Å². The first kappa shape index (κ1) is 18.0. The third kappa shape index (κ3) is 4.25. The standard InChI is InChI=1S/C19H27NO5/c1-19(18(21)22-2)24-13-15(14-25-19)7-5-6-10-20-11-12-23-17-9-4-3-8-16(17)20/h3-4,8-9,15H,5-7,10-14H2,1-2H3. The molecule has 1 aromatic rings. The van der Waals surface area contributed by atoms with E-state index < -0.39 is 11.8 Å². The molecule has 1 aromatic carbocycles. The lowest BCUT2D eigenvalue weighted by molar-refractivity contribution is -0.272. The molecule has 2 heterocycles. The molecule has 6 heteroatoms. The Kier molecular flexibility index (Phi) is 5.81. The number of benzene rings is 1. The number of hydrogen-bond donors (Lipinski definition) is 0. The molecule has 0 amide bonds. The van der Waals surface area contributed by atoms with Gasteiger partial charge in [-0.1, -0.05) is 18.6 Å². The van der Waals surface area contributed by atoms with E-state index in [1.807, 2.05) is 12.1 Å². The number of nitrogens with zero attached hydrogens (tertiary/aromatic N) is 1. The lowest BCUT2D eigenvalue weighted by Gasteiger charge is -2.35. The fourth-order valence-corrected chi connectivity index (χ4v) is 3.31. The lowest BCUT2D eigenvalue weighted by Crippen LogP contribution is -2.48. The number of para-hydroxylation sites is 2. The fourth-order valence-electron chi connectivity index (χ4n) is 3.31. The van der Waals surface area contributed by atoms with Gasteiger partial charge in [-0.3, -0.25) is 0 Å². The van der Waals surface area contributed by atoms with Crippen LogP contribution in [0.3, 0.4) is 0 Å². The highest BCUT2D eigenvalue weighted by Gasteiger charge is 2.41. The highest BCUT2D eigenvalue weighted by molar-refractivity contribution is 5.77. The predicted molar refractivity (Wildman–Crippen MR) is 93.8 cm³/mol. The third-order valence-electron chi connectivity index (χ3n) is 4.86. The topological polar surface area (TPSA) is 57.2 Å². The van der Waals surface area contributed by atoms with Crippen LogP contribution >= 0.6 is 0 Å². The Hall–Kier alpha value is -1.79. The van der Waals surface area contributed by atoms with Crippen LogP contribution in [0.2, 0.25) is 0 Å². The van der Waals surface area contributed by atoms with E-state index in [-0.39, 0.29) is 0 Å². The van der Waals surface area contributed by atoms with Crippen molar-refractivity contribution < 1.29 is 23.7 Å². The lowest BCUT2D eigenvalue weighted by atomic mass is 10.0. The molecule has 2 aliphatic heterocycles. The molecule has 0 atom stereocenters. The number of carbonyl (C=O) groups excluding carboxylic acids is 1. The largest absolute Gasteiger partial charge is 0.490 e. The molecule has 0 aliphatic carbocycles. The van der Waals surface area contributed by atoms with Crippen LogP contribution in [0.1, 0.15) is 26.2 Å². The van der Waals surface area contributed by atoms with Gasteiger partial charge in [-0.2, -0.15) is 0 Å². The van der Waals surface area contributed by atoms with Crippen molar-refractivity contribution in [3.05, 3.63) is 24.3 Å². The van der Waals surface area contributed by atoms with Crippen LogP contribution in [0.15, 0.2) is 24.3 Å². The van der Waals surface area contributed by atoms with Crippen molar-refractivity contribution in [2.75, 3.05) is 44.9 Å². The molecule has 0 unspecified atom stereocenters. The maximum Gasteiger partial charge on any atom is 0.366 e. The summed E-state index contributed by atoms with van der Waals surface area (Å²) < 4.78 is 21.6. The summed E-state index contributed by atoms with van der Waals surface area (Å²) in [5.41, 5.74) is 1.19. The number of unbranched alkanes of at least 4 members (excludes halogenated alkanes) is 1. The Balaban J connectivity index is 1.38. The second-order valence-electron chi connectivity index (χ2n) is 6.72. The summed E-state index contributed by atoms with van der Waals surface area (Å²) in [4.78, 5) is 14.0. The molecule has 138 valence electrons. The Morgan fingerprint density at radius 3 is 2.80 bits per heavy atom. The molecule has 0 bridgehead atoms. The Labute approximate surface area is 149 Å². The summed E-state index contributed by atoms with van der Waals surface area (Å²) >= 11 is 0. The fraction of sp³-hybridized carbons (Fsp3) is 0.632. The number of methoxy groups -OCH3 is 1. The van der Waals surface area contributed by atoms with Crippen molar-refractivity contribution in [1.29, 1.82) is 0 Å². The molecule has 6 nitrogen and oxygen atoms in total. The number of rotatable bonds is 6. The summed E-state index contributed by atoms with van der Waals surface area (Å²) in [7, 11) is 1.34. The molecular formula is C19H27NO5. The first-order chi connectivity index (χ1) is 12.1. The second kappa shape index (κ2) is 8.06. The van der Waals surface area contributed by atoms with E-state index in [0.717, 1.165) is 44.7 Å². The zero-order valence-electron chi connectivity index (χ0n) is 15.0. The minimum absolute atomic E-state index is 0.328. The smallest absolute Gasteiger partial charge is 0.366 e. The monoisotopic (exact) mass is 349 g/mol. The predicted octanol–water partition coefficient (Wildman–Crippen LogP) is 2.61. The molecule has 0 N–H and O–H groups in total. The Morgan fingerprint density at radius 1 is 1.28 bits per heavy atom. The van der Waals surface area contributed by atoms with E-state index in [1.165, 1.54) is 12.8 Å². The van der Waals surface area contributed by atoms with Crippen molar-refractivity contribution in [2.24, 2.45) is 5.92 Å². The van der Waals surface area contributed by atoms with Gasteiger partial charge in [0.1, 0.15) is 12.4 Å². The third-order valence-corrected chi connectivity index (χ3v) is 4.86. The van der Waals surface area contributed by atoms with Crippen molar-refractivity contribution >= 4 is 11.7 Å². The summed E-state index contributed by atoms with van der Waals surface area (Å²) in [6, 6.07) is 8.20. The van der Waals surface area contributed by atoms with E-state index in [9.17, 15) is 4.79 Å². The van der Waals surface area contributed by atoms with Crippen LogP contribution in [-0.2, 0) is 19.0 Å². The normalized spacial score (nSPS) is 25.8. The molecule has 0 radical (unpaired) electrons. The molecule has 25 heavy (non-hydrogen) atoms. The Morgan fingerprint density at radius 2 is 2.04 bits per heavy atom. The van der Waals surface area contributed by atoms with Crippen LogP contribution in [0.4, 0.5) is 5.69 Å². The van der Waals surface area contributed by atoms with Gasteiger partial charge in [0, 0.05) is 19.4 Å². The van der Waals surface area contributed by atoms with Crippen molar-refractivity contribution in [3.8, 4) is 5.75 Å². The first-order valence-electron chi connectivity index (χ1n) is 8.95. The minimum atomic E-state index is -1.25. The minimum Gasteiger partial charge on any atom is -0.490 e. The van der Waals surface area contributed by atoms with Gasteiger partial charge in [-0.15, -0.1) is 0 Å². The van der Waals surface area contributed by atoms with Gasteiger partial charge in [0.15, 0.2) is 0 Å². The van der Waals surface area contributed by atoms with Crippen LogP contribution in [0.25, 0.3) is 0 Å². The van der Waals surface area contributed by atoms with Crippen LogP contribution in [-0.4, -0.2) is 51.8 Å². The summed E-state index contributed by atoms with van der Waals surface area (Å²) in [5, 5.41) is 0. The number of esters is 1. The number of fused-ring (bicyclic) bond motifs is 1. The summed E-state index contributed by atoms with van der Waals surface area (Å²) in [6.45, 7) is 5.38. The van der Waals surface area contributed by atoms with Gasteiger partial charge in [-0.05, 0) is 25.0 Å². The SMILES string of the molecule is COC(=O)C1(C)OCC(CCCCN2CCOc3ccccc32)CO1. The number of carbonyl (C=O) groups is 1. The molecule has 0 spiro atoms. The van der Waals surface area contributed by atoms with Gasteiger partial charge in [0.05, 0.1) is 32.6 Å². The summed E-state index contributed by atoms with van der Waals surface area (Å²) in [5.74, 6) is -0.417. The van der Waals surface area contributed by atoms with Gasteiger partial charge in [-0.25, -0.2) is 4.79 Å². The Bertz CT molecular complexity index is 583. The van der Waals surface area contributed by atoms with Crippen LogP contribution in [0, 0.1) is 5.92 Å². The number of ether oxygens (including phenoxy) is 4. The van der Waals surface area contributed by atoms with E-state index in [4.69, 9.17) is 18.9 Å². The van der Waals surface area contributed by atoms with E-state index in [0.29, 0.717) is 19.1 Å². The highest BCUT2D eigenvalue weighted by atomic mass is 16.7. The van der Waals surface area contributed by atoms with Gasteiger partial charge in [0.2, 0.25) is 0 Å². The molecule has 1 saturated heterocycles. The van der Waals surface area contributed by atoms with Gasteiger partial charge < -0.3 is 23.8 Å². The van der Waals surface area contributed by atoms with E-state index in [2.05, 4.69) is 17.0 Å². The summed E-state index contributed by atoms with van der Waals surface area (Å²) in [6.07, 6.45) is 3.24. The molecule has 0 aromatic heterocycles. The number of anilines is 1. The molecule has 1 fully saturated rings. The second-order valence-corrected chi connectivity index (χ2v) is 6.72. The van der Waals surface area contributed by atoms with Crippen molar-refractivity contribution in [3.63, 3.8) is 0 Å². The van der Waals surface area contributed by atoms with Crippen LogP contribution < -0.4 is 9.64 Å². The molecular weight excluding hydrogens is 322 g/mol. The maximum absolute atomic E-state index is 11.6. The van der Waals surface area contributed by atoms with Crippen molar-refractivity contribution in [2.45, 2.75) is 32.0 Å². The van der Waals surface area contributed by atoms with Crippen LogP contribution in [0.5, 0.6) is 5.75 Å². The van der Waals surface area contributed by atoms with Gasteiger partial charge >= 0.3 is 5.97 Å². The highest BCUT2D eigenvalue weighted by Crippen LogP contribution is 2.31. The molecule has 3 rings (SSSR count). The van der Waals surface area contributed by atoms with E-state index in [1.54, 1.807) is 6.92 Å². The zero-order chi connectivity index (χ0) is 17.7. The first-order valence-corrected chi connectivity index (χ1v) is 8.95.